The summed E-state index contributed by atoms with van der Waals surface area (Å²) in [7, 11) is 0. The zero-order valence-corrected chi connectivity index (χ0v) is 8.83. The number of Topliss-reactive ketones (excluding diaryl/α,β-unsaturated/α-hetero) is 2. The quantitative estimate of drug-likeness (QED) is 0.476. The predicted octanol–water partition coefficient (Wildman–Crippen LogP) is 1.12. The minimum absolute atomic E-state index is 0.0501. The van der Waals surface area contributed by atoms with Gasteiger partial charge in [0, 0.05) is 12.8 Å². The predicted molar refractivity (Wildman–Crippen MR) is 50.7 cm³/mol. The highest BCUT2D eigenvalue weighted by Crippen LogP contribution is 2.10. The fourth-order valence-electron chi connectivity index (χ4n) is 1.11. The van der Waals surface area contributed by atoms with Crippen molar-refractivity contribution in [2.75, 3.05) is 6.61 Å². The van der Waals surface area contributed by atoms with Gasteiger partial charge in [-0.05, 0) is 13.8 Å². The van der Waals surface area contributed by atoms with Crippen molar-refractivity contribution < 1.29 is 19.1 Å². The third-order valence-corrected chi connectivity index (χ3v) is 1.80. The third kappa shape index (κ3) is 4.16. The van der Waals surface area contributed by atoms with Crippen LogP contribution in [0.1, 0.15) is 33.6 Å². The van der Waals surface area contributed by atoms with Gasteiger partial charge in [-0.25, -0.2) is 0 Å². The van der Waals surface area contributed by atoms with Gasteiger partial charge in [0.15, 0.2) is 0 Å². The summed E-state index contributed by atoms with van der Waals surface area (Å²) in [5, 5.41) is 0. The van der Waals surface area contributed by atoms with Crippen LogP contribution in [-0.4, -0.2) is 24.1 Å². The number of carbonyl (C=O) groups excluding carboxylic acids is 3. The van der Waals surface area contributed by atoms with E-state index in [-0.39, 0.29) is 31.0 Å². The van der Waals surface area contributed by atoms with Crippen molar-refractivity contribution in [2.45, 2.75) is 33.6 Å². The maximum absolute atomic E-state index is 11.3. The molecule has 14 heavy (non-hydrogen) atoms. The second-order valence-electron chi connectivity index (χ2n) is 3.03. The summed E-state index contributed by atoms with van der Waals surface area (Å²) in [5.41, 5.74) is 0. The first-order valence-electron chi connectivity index (χ1n) is 4.71. The van der Waals surface area contributed by atoms with Gasteiger partial charge in [-0.1, -0.05) is 6.92 Å². The van der Waals surface area contributed by atoms with Crippen molar-refractivity contribution in [1.29, 1.82) is 0 Å². The zero-order valence-electron chi connectivity index (χ0n) is 8.83. The maximum atomic E-state index is 11.3. The Bertz CT molecular complexity index is 232. The van der Waals surface area contributed by atoms with Gasteiger partial charge in [0.2, 0.25) is 0 Å². The molecular formula is C10H16O4. The van der Waals surface area contributed by atoms with E-state index in [4.69, 9.17) is 4.74 Å². The molecule has 0 rings (SSSR count). The Morgan fingerprint density at radius 1 is 1.21 bits per heavy atom. The third-order valence-electron chi connectivity index (χ3n) is 1.80. The van der Waals surface area contributed by atoms with Gasteiger partial charge in [-0.3, -0.25) is 14.4 Å². The first kappa shape index (κ1) is 12.8. The fourth-order valence-corrected chi connectivity index (χ4v) is 1.11. The van der Waals surface area contributed by atoms with Crippen LogP contribution < -0.4 is 0 Å². The summed E-state index contributed by atoms with van der Waals surface area (Å²) in [6.07, 6.45) is 0.197. The zero-order chi connectivity index (χ0) is 11.1. The number of carbonyl (C=O) groups is 3. The Balaban J connectivity index is 4.45. The molecule has 0 aromatic rings. The molecule has 0 aliphatic carbocycles. The van der Waals surface area contributed by atoms with E-state index < -0.39 is 11.9 Å². The molecule has 0 bridgehead atoms. The lowest BCUT2D eigenvalue weighted by atomic mass is 9.96. The summed E-state index contributed by atoms with van der Waals surface area (Å²) in [5.74, 6) is -1.91. The summed E-state index contributed by atoms with van der Waals surface area (Å²) in [4.78, 5) is 33.4. The van der Waals surface area contributed by atoms with Gasteiger partial charge < -0.3 is 4.74 Å². The number of ether oxygens (including phenoxy) is 1. The van der Waals surface area contributed by atoms with Crippen LogP contribution in [0.3, 0.4) is 0 Å². The highest BCUT2D eigenvalue weighted by atomic mass is 16.5. The van der Waals surface area contributed by atoms with E-state index in [0.717, 1.165) is 0 Å². The number of hydrogen-bond acceptors (Lipinski definition) is 4. The van der Waals surface area contributed by atoms with E-state index in [1.807, 2.05) is 0 Å². The molecule has 0 heterocycles. The summed E-state index contributed by atoms with van der Waals surface area (Å²) < 4.78 is 4.72. The lowest BCUT2D eigenvalue weighted by molar-refractivity contribution is -0.153. The minimum Gasteiger partial charge on any atom is -0.465 e. The second kappa shape index (κ2) is 6.29. The van der Waals surface area contributed by atoms with Gasteiger partial charge in [0.05, 0.1) is 6.61 Å². The highest BCUT2D eigenvalue weighted by Gasteiger charge is 2.27. The molecule has 80 valence electrons. The number of rotatable bonds is 6. The maximum Gasteiger partial charge on any atom is 0.316 e. The van der Waals surface area contributed by atoms with Crippen molar-refractivity contribution in [1.82, 2.24) is 0 Å². The lowest BCUT2D eigenvalue weighted by Crippen LogP contribution is -2.27. The van der Waals surface area contributed by atoms with Crippen molar-refractivity contribution in [3.63, 3.8) is 0 Å². The summed E-state index contributed by atoms with van der Waals surface area (Å²) >= 11 is 0. The highest BCUT2D eigenvalue weighted by molar-refractivity contribution is 6.02. The second-order valence-corrected chi connectivity index (χ2v) is 3.03. The van der Waals surface area contributed by atoms with E-state index >= 15 is 0 Å². The topological polar surface area (TPSA) is 60.4 Å². The first-order valence-corrected chi connectivity index (χ1v) is 4.71. The molecule has 0 amide bonds. The minimum atomic E-state index is -0.905. The van der Waals surface area contributed by atoms with Crippen LogP contribution in [0.25, 0.3) is 0 Å². The largest absolute Gasteiger partial charge is 0.465 e. The average Bonchev–Trinajstić information content (AvgIpc) is 2.13. The van der Waals surface area contributed by atoms with Gasteiger partial charge in [-0.15, -0.1) is 0 Å². The molecule has 4 nitrogen and oxygen atoms in total. The Labute approximate surface area is 83.6 Å². The van der Waals surface area contributed by atoms with Gasteiger partial charge >= 0.3 is 5.97 Å². The van der Waals surface area contributed by atoms with Crippen molar-refractivity contribution >= 4 is 17.5 Å². The van der Waals surface area contributed by atoms with Crippen LogP contribution in [0.4, 0.5) is 0 Å². The smallest absolute Gasteiger partial charge is 0.316 e. The molecule has 0 spiro atoms. The van der Waals surface area contributed by atoms with Crippen molar-refractivity contribution in [3.8, 4) is 0 Å². The first-order chi connectivity index (χ1) is 6.52. The van der Waals surface area contributed by atoms with Gasteiger partial charge in [0.25, 0.3) is 0 Å². The molecule has 1 atom stereocenters. The van der Waals surface area contributed by atoms with Crippen LogP contribution in [0.15, 0.2) is 0 Å². The molecule has 0 N–H and O–H groups in total. The van der Waals surface area contributed by atoms with Gasteiger partial charge in [-0.2, -0.15) is 0 Å². The van der Waals surface area contributed by atoms with Crippen LogP contribution in [0.5, 0.6) is 0 Å². The molecule has 0 aromatic heterocycles. The standard InChI is InChI=1S/C10H16O4/c1-4-9(12)8(6-7(3)11)10(13)14-5-2/h8H,4-6H2,1-3H3. The van der Waals surface area contributed by atoms with E-state index in [1.165, 1.54) is 6.92 Å². The molecule has 0 saturated carbocycles. The Hall–Kier alpha value is -1.19. The Morgan fingerprint density at radius 3 is 2.14 bits per heavy atom. The molecule has 4 heteroatoms. The molecule has 0 saturated heterocycles. The SMILES string of the molecule is CCOC(=O)C(CC(C)=O)C(=O)CC. The van der Waals surface area contributed by atoms with Crippen LogP contribution in [-0.2, 0) is 19.1 Å². The molecule has 0 aliphatic rings. The van der Waals surface area contributed by atoms with Crippen molar-refractivity contribution in [2.24, 2.45) is 5.92 Å². The summed E-state index contributed by atoms with van der Waals surface area (Å²) in [6.45, 7) is 4.91. The molecular weight excluding hydrogens is 184 g/mol. The number of hydrogen-bond donors (Lipinski definition) is 0. The van der Waals surface area contributed by atoms with Gasteiger partial charge in [0.1, 0.15) is 17.5 Å². The Morgan fingerprint density at radius 2 is 1.79 bits per heavy atom. The number of ketones is 2. The van der Waals surface area contributed by atoms with E-state index in [9.17, 15) is 14.4 Å². The molecule has 0 aliphatic heterocycles. The summed E-state index contributed by atoms with van der Waals surface area (Å²) in [6, 6.07) is 0. The normalized spacial score (nSPS) is 11.9. The number of esters is 1. The molecule has 1 unspecified atom stereocenters. The lowest BCUT2D eigenvalue weighted by Gasteiger charge is -2.11. The van der Waals surface area contributed by atoms with E-state index in [1.54, 1.807) is 13.8 Å². The fraction of sp³-hybridized carbons (Fsp3) is 0.700. The van der Waals surface area contributed by atoms with Crippen molar-refractivity contribution in [3.05, 3.63) is 0 Å². The van der Waals surface area contributed by atoms with Crippen LogP contribution in [0.2, 0.25) is 0 Å². The van der Waals surface area contributed by atoms with E-state index in [2.05, 4.69) is 0 Å². The van der Waals surface area contributed by atoms with Crippen LogP contribution >= 0.6 is 0 Å². The van der Waals surface area contributed by atoms with Crippen LogP contribution in [0, 0.1) is 5.92 Å². The monoisotopic (exact) mass is 200 g/mol. The molecule has 0 fully saturated rings. The molecule has 0 aromatic carbocycles. The van der Waals surface area contributed by atoms with E-state index in [0.29, 0.717) is 0 Å². The Kier molecular flexibility index (Phi) is 5.76. The average molecular weight is 200 g/mol. The molecule has 0 radical (unpaired) electrons.